The molecule has 0 aliphatic heterocycles. The number of nitrogens with zero attached hydrogens (tertiary/aromatic N) is 3. The van der Waals surface area contributed by atoms with Gasteiger partial charge in [-0.1, -0.05) is 55.4 Å². The van der Waals surface area contributed by atoms with Crippen LogP contribution in [0.5, 0.6) is 0 Å². The van der Waals surface area contributed by atoms with Crippen molar-refractivity contribution < 1.29 is 4.79 Å². The molecule has 1 aromatic heterocycles. The number of hydrogen-bond acceptors (Lipinski definition) is 4. The van der Waals surface area contributed by atoms with E-state index in [2.05, 4.69) is 72.0 Å². The maximum Gasteiger partial charge on any atom is 0.230 e. The number of benzene rings is 1. The molecule has 2 atom stereocenters. The normalized spacial score (nSPS) is 19.0. The predicted molar refractivity (Wildman–Crippen MR) is 106 cm³/mol. The van der Waals surface area contributed by atoms with Crippen molar-refractivity contribution in [3.8, 4) is 0 Å². The van der Waals surface area contributed by atoms with Crippen LogP contribution in [-0.4, -0.2) is 33.0 Å². The van der Waals surface area contributed by atoms with Crippen molar-refractivity contribution >= 4 is 17.7 Å². The van der Waals surface area contributed by atoms with Gasteiger partial charge in [-0.05, 0) is 37.7 Å². The van der Waals surface area contributed by atoms with Crippen LogP contribution in [0.15, 0.2) is 29.4 Å². The Hall–Kier alpha value is -1.82. The number of carbonyl (C=O) groups excluding carboxylic acids is 1. The maximum absolute atomic E-state index is 11.9. The fraction of sp³-hybridized carbons (Fsp3) is 0.550. The van der Waals surface area contributed by atoms with Gasteiger partial charge in [-0.3, -0.25) is 4.79 Å². The van der Waals surface area contributed by atoms with Crippen LogP contribution in [0.2, 0.25) is 0 Å². The molecule has 0 spiro atoms. The van der Waals surface area contributed by atoms with E-state index in [0.29, 0.717) is 30.1 Å². The molecule has 0 radical (unpaired) electrons. The Morgan fingerprint density at radius 2 is 2.00 bits per heavy atom. The summed E-state index contributed by atoms with van der Waals surface area (Å²) in [5, 5.41) is 12.6. The number of rotatable bonds is 8. The highest BCUT2D eigenvalue weighted by Crippen LogP contribution is 2.54. The smallest absolute Gasteiger partial charge is 0.230 e. The van der Waals surface area contributed by atoms with Crippen molar-refractivity contribution in [3.05, 3.63) is 41.2 Å². The van der Waals surface area contributed by atoms with Crippen LogP contribution >= 0.6 is 11.8 Å². The molecule has 1 aliphatic carbocycles. The zero-order valence-corrected chi connectivity index (χ0v) is 16.8. The number of nitrogens with one attached hydrogen (secondary N) is 1. The Kier molecular flexibility index (Phi) is 6.01. The van der Waals surface area contributed by atoms with Crippen molar-refractivity contribution in [2.75, 3.05) is 12.3 Å². The Labute approximate surface area is 160 Å². The molecule has 140 valence electrons. The van der Waals surface area contributed by atoms with Gasteiger partial charge in [0.15, 0.2) is 5.16 Å². The molecule has 5 nitrogen and oxygen atoms in total. The van der Waals surface area contributed by atoms with Gasteiger partial charge in [0.25, 0.3) is 0 Å². The molecule has 1 amide bonds. The minimum Gasteiger partial charge on any atom is -0.355 e. The molecule has 0 unspecified atom stereocenters. The first kappa shape index (κ1) is 19.0. The number of carbonyl (C=O) groups is 1. The second-order valence-electron chi connectivity index (χ2n) is 7.43. The second-order valence-corrected chi connectivity index (χ2v) is 8.37. The number of amides is 1. The number of aryl methyl sites for hydroxylation is 1. The molecule has 0 saturated heterocycles. The van der Waals surface area contributed by atoms with Gasteiger partial charge < -0.3 is 9.88 Å². The van der Waals surface area contributed by atoms with Gasteiger partial charge in [0.05, 0.1) is 5.75 Å². The first-order valence-corrected chi connectivity index (χ1v) is 10.4. The summed E-state index contributed by atoms with van der Waals surface area (Å²) in [4.78, 5) is 11.9. The molecular formula is C20H28N4OS. The lowest BCUT2D eigenvalue weighted by molar-refractivity contribution is -0.118. The van der Waals surface area contributed by atoms with Crippen molar-refractivity contribution in [1.29, 1.82) is 0 Å². The molecule has 1 heterocycles. The fourth-order valence-corrected chi connectivity index (χ4v) is 3.98. The second kappa shape index (κ2) is 8.25. The number of hydrogen-bond donors (Lipinski definition) is 1. The lowest BCUT2D eigenvalue weighted by Crippen LogP contribution is -2.28. The van der Waals surface area contributed by atoms with E-state index in [1.807, 2.05) is 0 Å². The van der Waals surface area contributed by atoms with Crippen LogP contribution in [0, 0.1) is 12.8 Å². The summed E-state index contributed by atoms with van der Waals surface area (Å²) < 4.78 is 2.17. The predicted octanol–water partition coefficient (Wildman–Crippen LogP) is 3.74. The third kappa shape index (κ3) is 4.47. The van der Waals surface area contributed by atoms with Crippen molar-refractivity contribution in [2.45, 2.75) is 57.7 Å². The lowest BCUT2D eigenvalue weighted by atomic mass is 10.1. The van der Waals surface area contributed by atoms with Crippen molar-refractivity contribution in [2.24, 2.45) is 5.92 Å². The largest absolute Gasteiger partial charge is 0.355 e. The summed E-state index contributed by atoms with van der Waals surface area (Å²) in [6, 6.07) is 8.79. The Bertz CT molecular complexity index is 754. The highest BCUT2D eigenvalue weighted by Gasteiger charge is 2.43. The molecule has 1 aromatic carbocycles. The molecule has 1 aliphatic rings. The lowest BCUT2D eigenvalue weighted by Gasteiger charge is -2.09. The van der Waals surface area contributed by atoms with Gasteiger partial charge in [-0.25, -0.2) is 0 Å². The summed E-state index contributed by atoms with van der Waals surface area (Å²) in [5.41, 5.74) is 2.67. The summed E-state index contributed by atoms with van der Waals surface area (Å²) >= 11 is 1.47. The van der Waals surface area contributed by atoms with Crippen LogP contribution in [0.1, 0.15) is 56.0 Å². The van der Waals surface area contributed by atoms with E-state index in [4.69, 9.17) is 0 Å². The van der Waals surface area contributed by atoms with E-state index in [-0.39, 0.29) is 5.91 Å². The fourth-order valence-electron chi connectivity index (χ4n) is 3.14. The Morgan fingerprint density at radius 1 is 1.27 bits per heavy atom. The zero-order valence-electron chi connectivity index (χ0n) is 16.0. The third-order valence-corrected chi connectivity index (χ3v) is 5.70. The zero-order chi connectivity index (χ0) is 18.7. The van der Waals surface area contributed by atoms with Crippen LogP contribution in [0.4, 0.5) is 0 Å². The molecule has 1 N–H and O–H groups in total. The summed E-state index contributed by atoms with van der Waals surface area (Å²) in [5.74, 6) is 2.94. The minimum atomic E-state index is 0.0554. The van der Waals surface area contributed by atoms with Gasteiger partial charge in [0.1, 0.15) is 5.82 Å². The van der Waals surface area contributed by atoms with Gasteiger partial charge in [-0.2, -0.15) is 0 Å². The third-order valence-electron chi connectivity index (χ3n) is 4.73. The summed E-state index contributed by atoms with van der Waals surface area (Å²) in [6.45, 7) is 9.95. The monoisotopic (exact) mass is 372 g/mol. The summed E-state index contributed by atoms with van der Waals surface area (Å²) in [7, 11) is 0. The molecular weight excluding hydrogens is 344 g/mol. The Balaban J connectivity index is 1.62. The molecule has 26 heavy (non-hydrogen) atoms. The Morgan fingerprint density at radius 3 is 2.65 bits per heavy atom. The SMILES string of the molecule is CCn1c(SCC(=O)NCC(C)C)nnc1[C@H]1C[C@H]1c1ccc(C)cc1. The summed E-state index contributed by atoms with van der Waals surface area (Å²) in [6.07, 6.45) is 1.13. The van der Waals surface area contributed by atoms with Crippen molar-refractivity contribution in [3.63, 3.8) is 0 Å². The van der Waals surface area contributed by atoms with E-state index >= 15 is 0 Å². The minimum absolute atomic E-state index is 0.0554. The molecule has 1 saturated carbocycles. The van der Waals surface area contributed by atoms with Crippen LogP contribution in [0.3, 0.4) is 0 Å². The van der Waals surface area contributed by atoms with Crippen LogP contribution in [0.25, 0.3) is 0 Å². The van der Waals surface area contributed by atoms with Gasteiger partial charge in [0, 0.05) is 19.0 Å². The van der Waals surface area contributed by atoms with Gasteiger partial charge in [0.2, 0.25) is 5.91 Å². The van der Waals surface area contributed by atoms with Gasteiger partial charge >= 0.3 is 0 Å². The van der Waals surface area contributed by atoms with E-state index in [0.717, 1.165) is 23.9 Å². The number of aromatic nitrogens is 3. The molecule has 0 bridgehead atoms. The first-order valence-electron chi connectivity index (χ1n) is 9.38. The topological polar surface area (TPSA) is 59.8 Å². The van der Waals surface area contributed by atoms with E-state index < -0.39 is 0 Å². The molecule has 6 heteroatoms. The quantitative estimate of drug-likeness (QED) is 0.717. The maximum atomic E-state index is 11.9. The van der Waals surface area contributed by atoms with E-state index in [1.165, 1.54) is 22.9 Å². The van der Waals surface area contributed by atoms with Crippen molar-refractivity contribution in [1.82, 2.24) is 20.1 Å². The molecule has 2 aromatic rings. The van der Waals surface area contributed by atoms with Gasteiger partial charge in [-0.15, -0.1) is 10.2 Å². The van der Waals surface area contributed by atoms with E-state index in [9.17, 15) is 4.79 Å². The van der Waals surface area contributed by atoms with E-state index in [1.54, 1.807) is 0 Å². The average Bonchev–Trinajstić information content (AvgIpc) is 3.30. The number of thioether (sulfide) groups is 1. The van der Waals surface area contributed by atoms with Crippen LogP contribution < -0.4 is 5.32 Å². The average molecular weight is 373 g/mol. The standard InChI is InChI=1S/C20H28N4OS/c1-5-24-19(17-10-16(17)15-8-6-14(4)7-9-15)22-23-20(24)26-12-18(25)21-11-13(2)3/h6-9,13,16-17H,5,10-12H2,1-4H3,(H,21,25)/t16-,17-/m0/s1. The first-order chi connectivity index (χ1) is 12.5. The molecule has 3 rings (SSSR count). The highest BCUT2D eigenvalue weighted by atomic mass is 32.2. The molecule has 1 fully saturated rings. The van der Waals surface area contributed by atoms with Crippen LogP contribution in [-0.2, 0) is 11.3 Å². The highest BCUT2D eigenvalue weighted by molar-refractivity contribution is 7.99.